The maximum atomic E-state index is 12.6. The second-order valence-electron chi connectivity index (χ2n) is 7.31. The number of hydrogen-bond donors (Lipinski definition) is 0. The van der Waals surface area contributed by atoms with Crippen LogP contribution in [0.25, 0.3) is 16.9 Å². The number of rotatable bonds is 6. The second-order valence-corrected chi connectivity index (χ2v) is 7.31. The van der Waals surface area contributed by atoms with E-state index in [0.29, 0.717) is 39.4 Å². The van der Waals surface area contributed by atoms with Gasteiger partial charge in [-0.05, 0) is 19.2 Å². The molecule has 2 aromatic carbocycles. The molecule has 0 spiro atoms. The minimum atomic E-state index is 0.146. The van der Waals surface area contributed by atoms with E-state index in [2.05, 4.69) is 23.2 Å². The molecule has 1 saturated heterocycles. The summed E-state index contributed by atoms with van der Waals surface area (Å²) in [5.74, 6) is 0.146. The number of likely N-dealkylation sites (N-methyl/N-ethyl adjacent to an activating group) is 1. The molecular weight excluding hydrogens is 364 g/mol. The molecule has 0 aliphatic carbocycles. The molecule has 150 valence electrons. The first-order chi connectivity index (χ1) is 14.2. The lowest BCUT2D eigenvalue weighted by Crippen LogP contribution is -2.44. The monoisotopic (exact) mass is 390 g/mol. The lowest BCUT2D eigenvalue weighted by Gasteiger charge is -2.28. The van der Waals surface area contributed by atoms with Crippen LogP contribution < -0.4 is 0 Å². The van der Waals surface area contributed by atoms with Crippen LogP contribution in [0.1, 0.15) is 5.56 Å². The molecule has 1 aromatic heterocycles. The fraction of sp³-hybridized carbons (Fsp3) is 0.304. The second kappa shape index (κ2) is 9.03. The van der Waals surface area contributed by atoms with E-state index < -0.39 is 0 Å². The highest BCUT2D eigenvalue weighted by molar-refractivity contribution is 5.78. The van der Waals surface area contributed by atoms with Crippen molar-refractivity contribution >= 4 is 5.91 Å². The van der Waals surface area contributed by atoms with E-state index in [1.165, 1.54) is 0 Å². The van der Waals surface area contributed by atoms with Gasteiger partial charge in [0.15, 0.2) is 0 Å². The van der Waals surface area contributed by atoms with E-state index in [1.807, 2.05) is 65.2 Å². The SMILES string of the molecule is CN(CC(=O)N1CCOCC1)Cc1cn(-c2ccccc2)nc1-c1ccccc1. The van der Waals surface area contributed by atoms with Gasteiger partial charge in [0, 0.05) is 37.0 Å². The van der Waals surface area contributed by atoms with E-state index in [4.69, 9.17) is 9.84 Å². The number of ether oxygens (including phenoxy) is 1. The summed E-state index contributed by atoms with van der Waals surface area (Å²) in [6.07, 6.45) is 2.06. The third-order valence-electron chi connectivity index (χ3n) is 5.07. The van der Waals surface area contributed by atoms with Crippen LogP contribution in [0.15, 0.2) is 66.9 Å². The van der Waals surface area contributed by atoms with Crippen molar-refractivity contribution in [1.29, 1.82) is 0 Å². The normalized spacial score (nSPS) is 14.3. The van der Waals surface area contributed by atoms with Crippen LogP contribution >= 0.6 is 0 Å². The molecule has 0 unspecified atom stereocenters. The van der Waals surface area contributed by atoms with Crippen molar-refractivity contribution in [2.24, 2.45) is 0 Å². The number of amides is 1. The molecule has 0 radical (unpaired) electrons. The predicted octanol–water partition coefficient (Wildman–Crippen LogP) is 2.83. The predicted molar refractivity (Wildman–Crippen MR) is 113 cm³/mol. The van der Waals surface area contributed by atoms with E-state index in [1.54, 1.807) is 0 Å². The number of nitrogens with zero attached hydrogens (tertiary/aromatic N) is 4. The molecular formula is C23H26N4O2. The fourth-order valence-corrected chi connectivity index (χ4v) is 3.57. The lowest BCUT2D eigenvalue weighted by atomic mass is 10.1. The molecule has 0 bridgehead atoms. The Bertz CT molecular complexity index is 934. The van der Waals surface area contributed by atoms with Crippen molar-refractivity contribution in [2.75, 3.05) is 39.9 Å². The Morgan fingerprint density at radius 3 is 2.38 bits per heavy atom. The van der Waals surface area contributed by atoms with Gasteiger partial charge in [0.25, 0.3) is 0 Å². The van der Waals surface area contributed by atoms with Crippen LogP contribution in [0, 0.1) is 0 Å². The molecule has 0 atom stereocenters. The standard InChI is InChI=1S/C23H26N4O2/c1-25(18-22(28)26-12-14-29-15-13-26)16-20-17-27(21-10-6-3-7-11-21)24-23(20)19-8-4-2-5-9-19/h2-11,17H,12-16,18H2,1H3. The Kier molecular flexibility index (Phi) is 6.03. The van der Waals surface area contributed by atoms with Crippen LogP contribution in [0.5, 0.6) is 0 Å². The molecule has 29 heavy (non-hydrogen) atoms. The van der Waals surface area contributed by atoms with Crippen LogP contribution in [-0.2, 0) is 16.1 Å². The Morgan fingerprint density at radius 2 is 1.69 bits per heavy atom. The topological polar surface area (TPSA) is 50.6 Å². The molecule has 1 aliphatic rings. The highest BCUT2D eigenvalue weighted by atomic mass is 16.5. The van der Waals surface area contributed by atoms with Gasteiger partial charge in [-0.3, -0.25) is 9.69 Å². The van der Waals surface area contributed by atoms with Gasteiger partial charge in [-0.15, -0.1) is 0 Å². The summed E-state index contributed by atoms with van der Waals surface area (Å²) < 4.78 is 7.25. The quantitative estimate of drug-likeness (QED) is 0.650. The number of carbonyl (C=O) groups excluding carboxylic acids is 1. The van der Waals surface area contributed by atoms with Gasteiger partial charge in [0.05, 0.1) is 31.1 Å². The fourth-order valence-electron chi connectivity index (χ4n) is 3.57. The number of para-hydroxylation sites is 1. The third-order valence-corrected chi connectivity index (χ3v) is 5.07. The minimum absolute atomic E-state index is 0.146. The molecule has 2 heterocycles. The van der Waals surface area contributed by atoms with Crippen molar-refractivity contribution < 1.29 is 9.53 Å². The summed E-state index contributed by atoms with van der Waals surface area (Å²) in [7, 11) is 1.98. The van der Waals surface area contributed by atoms with Crippen molar-refractivity contribution in [2.45, 2.75) is 6.54 Å². The maximum Gasteiger partial charge on any atom is 0.236 e. The number of carbonyl (C=O) groups is 1. The van der Waals surface area contributed by atoms with Crippen LogP contribution in [0.3, 0.4) is 0 Å². The summed E-state index contributed by atoms with van der Waals surface area (Å²) in [6, 6.07) is 20.3. The summed E-state index contributed by atoms with van der Waals surface area (Å²) in [4.78, 5) is 16.5. The molecule has 3 aromatic rings. The lowest BCUT2D eigenvalue weighted by molar-refractivity contribution is -0.136. The Hall–Kier alpha value is -2.96. The first-order valence-electron chi connectivity index (χ1n) is 9.94. The first-order valence-corrected chi connectivity index (χ1v) is 9.94. The summed E-state index contributed by atoms with van der Waals surface area (Å²) in [5, 5.41) is 4.85. The van der Waals surface area contributed by atoms with E-state index in [9.17, 15) is 4.79 Å². The van der Waals surface area contributed by atoms with E-state index in [-0.39, 0.29) is 5.91 Å². The average Bonchev–Trinajstić information content (AvgIpc) is 3.19. The summed E-state index contributed by atoms with van der Waals surface area (Å²) in [5.41, 5.74) is 4.13. The summed E-state index contributed by atoms with van der Waals surface area (Å²) >= 11 is 0. The van der Waals surface area contributed by atoms with Crippen molar-refractivity contribution in [3.8, 4) is 16.9 Å². The average molecular weight is 390 g/mol. The zero-order valence-electron chi connectivity index (χ0n) is 16.7. The highest BCUT2D eigenvalue weighted by Crippen LogP contribution is 2.24. The number of morpholine rings is 1. The Morgan fingerprint density at radius 1 is 1.03 bits per heavy atom. The van der Waals surface area contributed by atoms with Gasteiger partial charge in [-0.1, -0.05) is 48.5 Å². The zero-order chi connectivity index (χ0) is 20.1. The van der Waals surface area contributed by atoms with Gasteiger partial charge in [-0.25, -0.2) is 4.68 Å². The summed E-state index contributed by atoms with van der Waals surface area (Å²) in [6.45, 7) is 3.62. The van der Waals surface area contributed by atoms with Gasteiger partial charge in [-0.2, -0.15) is 5.10 Å². The van der Waals surface area contributed by atoms with Gasteiger partial charge in [0.1, 0.15) is 0 Å². The van der Waals surface area contributed by atoms with Crippen molar-refractivity contribution in [1.82, 2.24) is 19.6 Å². The molecule has 0 N–H and O–H groups in total. The van der Waals surface area contributed by atoms with Crippen LogP contribution in [0.4, 0.5) is 0 Å². The van der Waals surface area contributed by atoms with E-state index in [0.717, 1.165) is 22.5 Å². The molecule has 1 aliphatic heterocycles. The first kappa shape index (κ1) is 19.4. The maximum absolute atomic E-state index is 12.6. The molecule has 4 rings (SSSR count). The van der Waals surface area contributed by atoms with Gasteiger partial charge >= 0.3 is 0 Å². The zero-order valence-corrected chi connectivity index (χ0v) is 16.7. The highest BCUT2D eigenvalue weighted by Gasteiger charge is 2.20. The molecule has 0 saturated carbocycles. The van der Waals surface area contributed by atoms with Gasteiger partial charge < -0.3 is 9.64 Å². The number of hydrogen-bond acceptors (Lipinski definition) is 4. The van der Waals surface area contributed by atoms with Crippen molar-refractivity contribution in [3.05, 3.63) is 72.4 Å². The molecule has 1 fully saturated rings. The van der Waals surface area contributed by atoms with E-state index >= 15 is 0 Å². The largest absolute Gasteiger partial charge is 0.378 e. The third kappa shape index (κ3) is 4.72. The molecule has 6 heteroatoms. The Labute approximate surface area is 171 Å². The smallest absolute Gasteiger partial charge is 0.236 e. The number of benzene rings is 2. The van der Waals surface area contributed by atoms with Crippen molar-refractivity contribution in [3.63, 3.8) is 0 Å². The Balaban J connectivity index is 1.55. The van der Waals surface area contributed by atoms with Crippen LogP contribution in [-0.4, -0.2) is 65.4 Å². The molecule has 6 nitrogen and oxygen atoms in total. The van der Waals surface area contributed by atoms with Crippen LogP contribution in [0.2, 0.25) is 0 Å². The van der Waals surface area contributed by atoms with Gasteiger partial charge in [0.2, 0.25) is 5.91 Å². The molecule has 1 amide bonds. The number of aromatic nitrogens is 2. The minimum Gasteiger partial charge on any atom is -0.378 e.